The van der Waals surface area contributed by atoms with E-state index in [0.717, 1.165) is 65.2 Å². The summed E-state index contributed by atoms with van der Waals surface area (Å²) in [6, 6.07) is 20.7. The van der Waals surface area contributed by atoms with Gasteiger partial charge < -0.3 is 19.1 Å². The predicted molar refractivity (Wildman–Crippen MR) is 180 cm³/mol. The summed E-state index contributed by atoms with van der Waals surface area (Å²) in [6.07, 6.45) is -4.39. The lowest BCUT2D eigenvalue weighted by atomic mass is 10.1. The molecular weight excluding hydrogens is 648 g/mol. The number of ether oxygens (including phenoxy) is 3. The number of hydrogen-bond acceptors (Lipinski definition) is 9. The minimum Gasteiger partial charge on any atom is -0.495 e. The zero-order chi connectivity index (χ0) is 33.6. The predicted octanol–water partition coefficient (Wildman–Crippen LogP) is 8.17. The molecule has 250 valence electrons. The molecule has 0 N–H and O–H groups in total. The van der Waals surface area contributed by atoms with Crippen LogP contribution in [0.3, 0.4) is 0 Å². The summed E-state index contributed by atoms with van der Waals surface area (Å²) in [5, 5.41) is 0.696. The van der Waals surface area contributed by atoms with Crippen molar-refractivity contribution < 1.29 is 32.2 Å². The van der Waals surface area contributed by atoms with Crippen molar-refractivity contribution in [3.63, 3.8) is 0 Å². The number of para-hydroxylation sites is 2. The summed E-state index contributed by atoms with van der Waals surface area (Å²) in [5.74, 6) is 1.62. The van der Waals surface area contributed by atoms with Gasteiger partial charge in [0.15, 0.2) is 5.60 Å². The van der Waals surface area contributed by atoms with Gasteiger partial charge in [0.2, 0.25) is 0 Å². The number of rotatable bonds is 12. The standard InChI is InChI=1S/C35H38F3N3O4S2/c1-5-44-33(42)34(2,3)45-26-14-16-27(17-15-26)46-23-31-28(39-32(47-31)24-10-12-25(13-11-24)35(36,37)38)22-40-18-20-41(21-19-40)29-8-6-7-9-30(29)43-4/h6-17H,5,18-23H2,1-4H3. The van der Waals surface area contributed by atoms with Crippen molar-refractivity contribution in [2.75, 3.05) is 44.8 Å². The number of piperazine rings is 1. The minimum atomic E-state index is -4.39. The highest BCUT2D eigenvalue weighted by atomic mass is 32.2. The Morgan fingerprint density at radius 3 is 2.28 bits per heavy atom. The van der Waals surface area contributed by atoms with Crippen molar-refractivity contribution in [3.05, 3.63) is 88.9 Å². The molecule has 1 fully saturated rings. The largest absolute Gasteiger partial charge is 0.495 e. The average molecular weight is 686 g/mol. The molecule has 7 nitrogen and oxygen atoms in total. The molecule has 0 aliphatic carbocycles. The van der Waals surface area contributed by atoms with Gasteiger partial charge in [0.25, 0.3) is 0 Å². The number of hydrogen-bond donors (Lipinski definition) is 0. The summed E-state index contributed by atoms with van der Waals surface area (Å²) < 4.78 is 56.2. The van der Waals surface area contributed by atoms with Crippen LogP contribution >= 0.6 is 23.1 Å². The second kappa shape index (κ2) is 15.0. The van der Waals surface area contributed by atoms with Gasteiger partial charge in [-0.05, 0) is 69.3 Å². The topological polar surface area (TPSA) is 64.1 Å². The molecule has 47 heavy (non-hydrogen) atoms. The van der Waals surface area contributed by atoms with Crippen LogP contribution in [-0.2, 0) is 28.0 Å². The SMILES string of the molecule is CCOC(=O)C(C)(C)Oc1ccc(SCc2sc(-c3ccc(C(F)(F)F)cc3)nc2CN2CCN(c3ccccc3OC)CC2)cc1. The number of aromatic nitrogens is 1. The van der Waals surface area contributed by atoms with Crippen molar-refractivity contribution in [1.82, 2.24) is 9.88 Å². The first-order valence-electron chi connectivity index (χ1n) is 15.3. The lowest BCUT2D eigenvalue weighted by molar-refractivity contribution is -0.158. The number of methoxy groups -OCH3 is 1. The Morgan fingerprint density at radius 2 is 1.64 bits per heavy atom. The van der Waals surface area contributed by atoms with Crippen LogP contribution in [0.2, 0.25) is 0 Å². The molecule has 12 heteroatoms. The third kappa shape index (κ3) is 8.79. The van der Waals surface area contributed by atoms with E-state index in [-0.39, 0.29) is 6.61 Å². The van der Waals surface area contributed by atoms with Gasteiger partial charge in [-0.2, -0.15) is 13.2 Å². The summed E-state index contributed by atoms with van der Waals surface area (Å²) >= 11 is 3.15. The Balaban J connectivity index is 1.30. The molecule has 0 spiro atoms. The number of carbonyl (C=O) groups excluding carboxylic acids is 1. The fraction of sp³-hybridized carbons (Fsp3) is 0.371. The second-order valence-corrected chi connectivity index (χ2v) is 13.6. The van der Waals surface area contributed by atoms with Gasteiger partial charge in [0, 0.05) is 53.8 Å². The van der Waals surface area contributed by atoms with Crippen LogP contribution in [-0.4, -0.2) is 61.3 Å². The fourth-order valence-corrected chi connectivity index (χ4v) is 7.27. The molecule has 0 amide bonds. The Labute approximate surface area is 281 Å². The van der Waals surface area contributed by atoms with E-state index < -0.39 is 23.3 Å². The van der Waals surface area contributed by atoms with Crippen LogP contribution in [0, 0.1) is 0 Å². The van der Waals surface area contributed by atoms with Gasteiger partial charge in [0.1, 0.15) is 16.5 Å². The van der Waals surface area contributed by atoms with Gasteiger partial charge in [-0.3, -0.25) is 4.90 Å². The second-order valence-electron chi connectivity index (χ2n) is 11.5. The summed E-state index contributed by atoms with van der Waals surface area (Å²) in [6.45, 7) is 9.36. The lowest BCUT2D eigenvalue weighted by Gasteiger charge is -2.36. The van der Waals surface area contributed by atoms with Crippen LogP contribution in [0.1, 0.15) is 36.9 Å². The van der Waals surface area contributed by atoms with Gasteiger partial charge in [-0.15, -0.1) is 23.1 Å². The maximum absolute atomic E-state index is 13.2. The Hall–Kier alpha value is -3.74. The summed E-state index contributed by atoms with van der Waals surface area (Å²) in [7, 11) is 1.68. The fourth-order valence-electron chi connectivity index (χ4n) is 5.19. The molecule has 0 unspecified atom stereocenters. The molecule has 4 aromatic rings. The number of carbonyl (C=O) groups is 1. The first-order chi connectivity index (χ1) is 22.5. The molecule has 1 aromatic heterocycles. The van der Waals surface area contributed by atoms with Crippen molar-refractivity contribution in [2.45, 2.75) is 49.7 Å². The third-order valence-corrected chi connectivity index (χ3v) is 10.1. The van der Waals surface area contributed by atoms with Crippen LogP contribution in [0.5, 0.6) is 11.5 Å². The minimum absolute atomic E-state index is 0.278. The Bertz CT molecular complexity index is 1640. The maximum atomic E-state index is 13.2. The van der Waals surface area contributed by atoms with Crippen LogP contribution in [0.25, 0.3) is 10.6 Å². The Morgan fingerprint density at radius 1 is 0.957 bits per heavy atom. The van der Waals surface area contributed by atoms with Crippen molar-refractivity contribution >= 4 is 34.8 Å². The van der Waals surface area contributed by atoms with E-state index in [0.29, 0.717) is 28.6 Å². The van der Waals surface area contributed by atoms with E-state index in [9.17, 15) is 18.0 Å². The maximum Gasteiger partial charge on any atom is 0.416 e. The number of esters is 1. The smallest absolute Gasteiger partial charge is 0.416 e. The van der Waals surface area contributed by atoms with E-state index >= 15 is 0 Å². The quantitative estimate of drug-likeness (QED) is 0.109. The number of thiazole rings is 1. The van der Waals surface area contributed by atoms with Gasteiger partial charge >= 0.3 is 12.1 Å². The zero-order valence-corrected chi connectivity index (χ0v) is 28.4. The van der Waals surface area contributed by atoms with Crippen molar-refractivity contribution in [3.8, 4) is 22.1 Å². The van der Waals surface area contributed by atoms with Gasteiger partial charge in [-0.1, -0.05) is 24.3 Å². The van der Waals surface area contributed by atoms with Crippen LogP contribution < -0.4 is 14.4 Å². The van der Waals surface area contributed by atoms with Crippen LogP contribution in [0.15, 0.2) is 77.7 Å². The normalized spacial score (nSPS) is 14.2. The number of anilines is 1. The molecule has 1 aliphatic heterocycles. The van der Waals surface area contributed by atoms with Crippen molar-refractivity contribution in [2.24, 2.45) is 0 Å². The molecule has 5 rings (SSSR count). The molecule has 1 aliphatic rings. The first-order valence-corrected chi connectivity index (χ1v) is 17.1. The van der Waals surface area contributed by atoms with Crippen molar-refractivity contribution in [1.29, 1.82) is 0 Å². The first kappa shape index (κ1) is 34.6. The highest BCUT2D eigenvalue weighted by Crippen LogP contribution is 2.37. The van der Waals surface area contributed by atoms with E-state index in [1.54, 1.807) is 39.6 Å². The lowest BCUT2D eigenvalue weighted by Crippen LogP contribution is -2.46. The summed E-state index contributed by atoms with van der Waals surface area (Å²) in [5.41, 5.74) is 0.868. The molecule has 3 aromatic carbocycles. The number of alkyl halides is 3. The molecule has 1 saturated heterocycles. The number of thioether (sulfide) groups is 1. The van der Waals surface area contributed by atoms with E-state index in [1.165, 1.54) is 23.5 Å². The molecule has 0 bridgehead atoms. The molecular formula is C35H38F3N3O4S2. The van der Waals surface area contributed by atoms with Gasteiger partial charge in [-0.25, -0.2) is 9.78 Å². The monoisotopic (exact) mass is 685 g/mol. The number of nitrogens with zero attached hydrogens (tertiary/aromatic N) is 3. The average Bonchev–Trinajstić information content (AvgIpc) is 3.46. The number of benzene rings is 3. The van der Waals surface area contributed by atoms with E-state index in [1.807, 2.05) is 42.5 Å². The van der Waals surface area contributed by atoms with E-state index in [2.05, 4.69) is 15.9 Å². The highest BCUT2D eigenvalue weighted by Gasteiger charge is 2.32. The third-order valence-electron chi connectivity index (χ3n) is 7.74. The Kier molecular flexibility index (Phi) is 11.0. The molecule has 0 atom stereocenters. The molecule has 2 heterocycles. The van der Waals surface area contributed by atoms with Gasteiger partial charge in [0.05, 0.1) is 30.7 Å². The van der Waals surface area contributed by atoms with Crippen LogP contribution in [0.4, 0.5) is 18.9 Å². The number of halogens is 3. The van der Waals surface area contributed by atoms with E-state index in [4.69, 9.17) is 19.2 Å². The zero-order valence-electron chi connectivity index (χ0n) is 26.8. The molecule has 0 saturated carbocycles. The molecule has 0 radical (unpaired) electrons. The highest BCUT2D eigenvalue weighted by molar-refractivity contribution is 7.98. The summed E-state index contributed by atoms with van der Waals surface area (Å²) in [4.78, 5) is 23.9.